The van der Waals surface area contributed by atoms with Gasteiger partial charge in [0.05, 0.1) is 26.1 Å². The third kappa shape index (κ3) is 4.19. The standard InChI is InChI=1S/C16H22O2/c1-17-12-11-14-7-9-16(10-8-14)18-13-15-5-3-2-4-6-15/h2-6,11-12,14,16H,7-10,13H2,1H3/b12-11+. The highest BCUT2D eigenvalue weighted by molar-refractivity contribution is 5.13. The van der Waals surface area contributed by atoms with Crippen LogP contribution in [0.3, 0.4) is 0 Å². The summed E-state index contributed by atoms with van der Waals surface area (Å²) in [6.45, 7) is 0.740. The lowest BCUT2D eigenvalue weighted by molar-refractivity contribution is 0.0109. The first kappa shape index (κ1) is 13.2. The van der Waals surface area contributed by atoms with Gasteiger partial charge in [-0.15, -0.1) is 0 Å². The number of methoxy groups -OCH3 is 1. The largest absolute Gasteiger partial charge is 0.505 e. The lowest BCUT2D eigenvalue weighted by Gasteiger charge is -2.26. The molecule has 0 heterocycles. The molecule has 0 amide bonds. The fourth-order valence-corrected chi connectivity index (χ4v) is 2.43. The van der Waals surface area contributed by atoms with Crippen LogP contribution < -0.4 is 0 Å². The number of ether oxygens (including phenoxy) is 2. The normalized spacial score (nSPS) is 24.3. The molecule has 0 aliphatic heterocycles. The highest BCUT2D eigenvalue weighted by atomic mass is 16.5. The predicted molar refractivity (Wildman–Crippen MR) is 73.1 cm³/mol. The van der Waals surface area contributed by atoms with Gasteiger partial charge >= 0.3 is 0 Å². The highest BCUT2D eigenvalue weighted by Gasteiger charge is 2.19. The van der Waals surface area contributed by atoms with E-state index >= 15 is 0 Å². The molecule has 1 aliphatic rings. The van der Waals surface area contributed by atoms with E-state index in [1.807, 2.05) is 6.07 Å². The molecule has 2 heteroatoms. The van der Waals surface area contributed by atoms with Crippen molar-refractivity contribution in [3.05, 3.63) is 48.2 Å². The van der Waals surface area contributed by atoms with Crippen molar-refractivity contribution in [1.29, 1.82) is 0 Å². The Morgan fingerprint density at radius 3 is 2.50 bits per heavy atom. The SMILES string of the molecule is CO/C=C/C1CCC(OCc2ccccc2)CC1. The average Bonchev–Trinajstić information content (AvgIpc) is 2.45. The Morgan fingerprint density at radius 2 is 1.83 bits per heavy atom. The van der Waals surface area contributed by atoms with Gasteiger partial charge in [0.1, 0.15) is 0 Å². The maximum absolute atomic E-state index is 5.97. The van der Waals surface area contributed by atoms with Gasteiger partial charge in [-0.3, -0.25) is 0 Å². The highest BCUT2D eigenvalue weighted by Crippen LogP contribution is 2.27. The molecule has 1 fully saturated rings. The van der Waals surface area contributed by atoms with Crippen LogP contribution in [0, 0.1) is 5.92 Å². The molecule has 2 rings (SSSR count). The molecule has 1 aromatic rings. The van der Waals surface area contributed by atoms with Crippen LogP contribution in [0.4, 0.5) is 0 Å². The van der Waals surface area contributed by atoms with Crippen molar-refractivity contribution in [3.8, 4) is 0 Å². The first-order valence-corrected chi connectivity index (χ1v) is 6.73. The van der Waals surface area contributed by atoms with Crippen molar-refractivity contribution >= 4 is 0 Å². The van der Waals surface area contributed by atoms with Crippen LogP contribution in [-0.4, -0.2) is 13.2 Å². The average molecular weight is 246 g/mol. The van der Waals surface area contributed by atoms with E-state index in [9.17, 15) is 0 Å². The summed E-state index contributed by atoms with van der Waals surface area (Å²) in [5.41, 5.74) is 1.26. The van der Waals surface area contributed by atoms with Crippen molar-refractivity contribution in [3.63, 3.8) is 0 Å². The third-order valence-electron chi connectivity index (χ3n) is 3.53. The summed E-state index contributed by atoms with van der Waals surface area (Å²) < 4.78 is 10.9. The summed E-state index contributed by atoms with van der Waals surface area (Å²) in [5.74, 6) is 0.668. The van der Waals surface area contributed by atoms with Gasteiger partial charge in [0, 0.05) is 0 Å². The second kappa shape index (κ2) is 7.22. The van der Waals surface area contributed by atoms with E-state index in [-0.39, 0.29) is 0 Å². The molecule has 0 unspecified atom stereocenters. The van der Waals surface area contributed by atoms with Crippen LogP contribution >= 0.6 is 0 Å². The summed E-state index contributed by atoms with van der Waals surface area (Å²) >= 11 is 0. The molecule has 0 atom stereocenters. The lowest BCUT2D eigenvalue weighted by Crippen LogP contribution is -2.20. The first-order valence-electron chi connectivity index (χ1n) is 6.73. The van der Waals surface area contributed by atoms with Crippen molar-refractivity contribution in [2.45, 2.75) is 38.4 Å². The second-order valence-corrected chi connectivity index (χ2v) is 4.90. The maximum atomic E-state index is 5.97. The van der Waals surface area contributed by atoms with E-state index < -0.39 is 0 Å². The minimum absolute atomic E-state index is 0.428. The Balaban J connectivity index is 1.69. The number of hydrogen-bond acceptors (Lipinski definition) is 2. The molecule has 1 aromatic carbocycles. The van der Waals surface area contributed by atoms with E-state index in [1.54, 1.807) is 13.4 Å². The zero-order valence-corrected chi connectivity index (χ0v) is 11.0. The zero-order valence-electron chi connectivity index (χ0n) is 11.0. The molecule has 0 bridgehead atoms. The molecule has 18 heavy (non-hydrogen) atoms. The lowest BCUT2D eigenvalue weighted by atomic mass is 9.87. The van der Waals surface area contributed by atoms with Gasteiger partial charge in [-0.2, -0.15) is 0 Å². The molecule has 0 aromatic heterocycles. The fourth-order valence-electron chi connectivity index (χ4n) is 2.43. The summed E-state index contributed by atoms with van der Waals surface area (Å²) in [4.78, 5) is 0. The summed E-state index contributed by atoms with van der Waals surface area (Å²) in [7, 11) is 1.70. The van der Waals surface area contributed by atoms with Gasteiger partial charge < -0.3 is 9.47 Å². The van der Waals surface area contributed by atoms with Gasteiger partial charge in [-0.25, -0.2) is 0 Å². The van der Waals surface area contributed by atoms with Gasteiger partial charge in [-0.05, 0) is 43.2 Å². The topological polar surface area (TPSA) is 18.5 Å². The molecule has 1 aliphatic carbocycles. The maximum Gasteiger partial charge on any atom is 0.0787 e. The molecule has 98 valence electrons. The van der Waals surface area contributed by atoms with Crippen molar-refractivity contribution in [2.75, 3.05) is 7.11 Å². The van der Waals surface area contributed by atoms with Gasteiger partial charge in [0.15, 0.2) is 0 Å². The Labute approximate surface area is 110 Å². The van der Waals surface area contributed by atoms with E-state index in [0.29, 0.717) is 12.0 Å². The molecule has 0 saturated heterocycles. The predicted octanol–water partition coefficient (Wildman–Crippen LogP) is 3.92. The molecule has 0 radical (unpaired) electrons. The van der Waals surface area contributed by atoms with E-state index in [4.69, 9.17) is 9.47 Å². The Hall–Kier alpha value is -1.28. The van der Waals surface area contributed by atoms with E-state index in [1.165, 1.54) is 18.4 Å². The Kier molecular flexibility index (Phi) is 5.28. The number of hydrogen-bond donors (Lipinski definition) is 0. The van der Waals surface area contributed by atoms with Gasteiger partial charge in [0.25, 0.3) is 0 Å². The van der Waals surface area contributed by atoms with Crippen LogP contribution in [0.15, 0.2) is 42.7 Å². The Morgan fingerprint density at radius 1 is 1.11 bits per heavy atom. The number of benzene rings is 1. The fraction of sp³-hybridized carbons (Fsp3) is 0.500. The van der Waals surface area contributed by atoms with Crippen molar-refractivity contribution in [2.24, 2.45) is 5.92 Å². The van der Waals surface area contributed by atoms with Gasteiger partial charge in [0.2, 0.25) is 0 Å². The summed E-state index contributed by atoms with van der Waals surface area (Å²) in [5, 5.41) is 0. The Bertz CT molecular complexity index is 351. The number of allylic oxidation sites excluding steroid dienone is 1. The summed E-state index contributed by atoms with van der Waals surface area (Å²) in [6.07, 6.45) is 9.14. The zero-order chi connectivity index (χ0) is 12.6. The molecular weight excluding hydrogens is 224 g/mol. The summed E-state index contributed by atoms with van der Waals surface area (Å²) in [6, 6.07) is 10.4. The smallest absolute Gasteiger partial charge is 0.0787 e. The second-order valence-electron chi connectivity index (χ2n) is 4.90. The van der Waals surface area contributed by atoms with Crippen molar-refractivity contribution in [1.82, 2.24) is 0 Å². The van der Waals surface area contributed by atoms with Gasteiger partial charge in [-0.1, -0.05) is 30.3 Å². The van der Waals surface area contributed by atoms with E-state index in [2.05, 4.69) is 30.3 Å². The van der Waals surface area contributed by atoms with Crippen LogP contribution in [0.2, 0.25) is 0 Å². The van der Waals surface area contributed by atoms with Crippen LogP contribution in [0.1, 0.15) is 31.2 Å². The van der Waals surface area contributed by atoms with Crippen LogP contribution in [0.25, 0.3) is 0 Å². The van der Waals surface area contributed by atoms with Crippen LogP contribution in [0.5, 0.6) is 0 Å². The number of rotatable bonds is 5. The minimum atomic E-state index is 0.428. The molecule has 0 spiro atoms. The van der Waals surface area contributed by atoms with Crippen LogP contribution in [-0.2, 0) is 16.1 Å². The quantitative estimate of drug-likeness (QED) is 0.733. The molecule has 2 nitrogen and oxygen atoms in total. The monoisotopic (exact) mass is 246 g/mol. The molecule has 0 N–H and O–H groups in total. The van der Waals surface area contributed by atoms with Crippen molar-refractivity contribution < 1.29 is 9.47 Å². The van der Waals surface area contributed by atoms with E-state index in [0.717, 1.165) is 19.4 Å². The molecular formula is C16H22O2. The third-order valence-corrected chi connectivity index (χ3v) is 3.53. The first-order chi connectivity index (χ1) is 8.88. The minimum Gasteiger partial charge on any atom is -0.505 e. The molecule has 1 saturated carbocycles.